The first kappa shape index (κ1) is 10.9. The van der Waals surface area contributed by atoms with Crippen LogP contribution in [-0.2, 0) is 6.54 Å². The third kappa shape index (κ3) is 1.99. The second-order valence-electron chi connectivity index (χ2n) is 4.05. The maximum absolute atomic E-state index is 5.68. The largest absolute Gasteiger partial charge is 0.439 e. The lowest BCUT2D eigenvalue weighted by atomic mass is 10.0. The Morgan fingerprint density at radius 3 is 2.50 bits per heavy atom. The Bertz CT molecular complexity index is 460. The summed E-state index contributed by atoms with van der Waals surface area (Å²) in [5.41, 5.74) is 7.59. The molecule has 2 rings (SSSR count). The van der Waals surface area contributed by atoms with E-state index < -0.39 is 0 Å². The summed E-state index contributed by atoms with van der Waals surface area (Å²) < 4.78 is 5.68. The molecular formula is C13H16N2O. The lowest BCUT2D eigenvalue weighted by molar-refractivity contribution is 0.509. The molecule has 0 saturated carbocycles. The van der Waals surface area contributed by atoms with Crippen molar-refractivity contribution in [1.82, 2.24) is 4.98 Å². The Morgan fingerprint density at radius 1 is 1.25 bits per heavy atom. The fraction of sp³-hybridized carbons (Fsp3) is 0.308. The average Bonchev–Trinajstić information content (AvgIpc) is 2.74. The van der Waals surface area contributed by atoms with Crippen molar-refractivity contribution in [1.29, 1.82) is 0 Å². The molecule has 1 heterocycles. The van der Waals surface area contributed by atoms with Gasteiger partial charge in [-0.3, -0.25) is 0 Å². The zero-order chi connectivity index (χ0) is 11.5. The standard InChI is InChI=1S/C13H16N2O/c1-9(2)12-13(16-11(8-14)15-12)10-6-4-3-5-7-10/h3-7,9H,8,14H2,1-2H3. The van der Waals surface area contributed by atoms with Gasteiger partial charge in [0.15, 0.2) is 5.76 Å². The first-order chi connectivity index (χ1) is 7.72. The molecule has 2 aromatic rings. The minimum Gasteiger partial charge on any atom is -0.439 e. The molecule has 0 aliphatic heterocycles. The van der Waals surface area contributed by atoms with Crippen LogP contribution in [0.5, 0.6) is 0 Å². The molecule has 0 spiro atoms. The average molecular weight is 216 g/mol. The molecule has 1 aromatic heterocycles. The molecule has 16 heavy (non-hydrogen) atoms. The van der Waals surface area contributed by atoms with Crippen LogP contribution >= 0.6 is 0 Å². The van der Waals surface area contributed by atoms with Crippen molar-refractivity contribution in [3.8, 4) is 11.3 Å². The zero-order valence-corrected chi connectivity index (χ0v) is 9.60. The molecule has 0 aliphatic rings. The van der Waals surface area contributed by atoms with Gasteiger partial charge < -0.3 is 10.2 Å². The minimum absolute atomic E-state index is 0.333. The Kier molecular flexibility index (Phi) is 3.06. The number of nitrogens with two attached hydrogens (primary N) is 1. The van der Waals surface area contributed by atoms with E-state index in [1.807, 2.05) is 30.3 Å². The molecule has 0 unspecified atom stereocenters. The van der Waals surface area contributed by atoms with Crippen molar-refractivity contribution in [3.05, 3.63) is 41.9 Å². The molecule has 0 radical (unpaired) electrons. The van der Waals surface area contributed by atoms with E-state index in [0.717, 1.165) is 17.0 Å². The predicted octanol–water partition coefficient (Wildman–Crippen LogP) is 2.92. The van der Waals surface area contributed by atoms with Gasteiger partial charge in [0.2, 0.25) is 5.89 Å². The Balaban J connectivity index is 2.51. The summed E-state index contributed by atoms with van der Waals surface area (Å²) in [7, 11) is 0. The molecule has 3 heteroatoms. The van der Waals surface area contributed by atoms with E-state index in [9.17, 15) is 0 Å². The number of oxazole rings is 1. The van der Waals surface area contributed by atoms with Crippen molar-refractivity contribution in [2.45, 2.75) is 26.3 Å². The highest BCUT2D eigenvalue weighted by Crippen LogP contribution is 2.29. The first-order valence-corrected chi connectivity index (χ1v) is 5.47. The summed E-state index contributed by atoms with van der Waals surface area (Å²) in [6.45, 7) is 4.54. The van der Waals surface area contributed by atoms with Crippen LogP contribution in [0.2, 0.25) is 0 Å². The van der Waals surface area contributed by atoms with Gasteiger partial charge in [-0.2, -0.15) is 0 Å². The quantitative estimate of drug-likeness (QED) is 0.858. The van der Waals surface area contributed by atoms with Crippen LogP contribution in [0.3, 0.4) is 0 Å². The molecule has 0 amide bonds. The zero-order valence-electron chi connectivity index (χ0n) is 9.60. The van der Waals surface area contributed by atoms with Gasteiger partial charge in [-0.15, -0.1) is 0 Å². The van der Waals surface area contributed by atoms with E-state index >= 15 is 0 Å². The summed E-state index contributed by atoms with van der Waals surface area (Å²) in [5, 5.41) is 0. The van der Waals surface area contributed by atoms with E-state index in [-0.39, 0.29) is 0 Å². The second-order valence-corrected chi connectivity index (χ2v) is 4.05. The number of nitrogens with zero attached hydrogens (tertiary/aromatic N) is 1. The fourth-order valence-electron chi connectivity index (χ4n) is 1.65. The summed E-state index contributed by atoms with van der Waals surface area (Å²) in [4.78, 5) is 4.41. The summed E-state index contributed by atoms with van der Waals surface area (Å²) in [6, 6.07) is 10.0. The Hall–Kier alpha value is -1.61. The van der Waals surface area contributed by atoms with Gasteiger partial charge in [0, 0.05) is 5.56 Å². The fourth-order valence-corrected chi connectivity index (χ4v) is 1.65. The van der Waals surface area contributed by atoms with Crippen LogP contribution in [-0.4, -0.2) is 4.98 Å². The highest BCUT2D eigenvalue weighted by atomic mass is 16.4. The molecule has 0 atom stereocenters. The molecule has 0 aliphatic carbocycles. The molecule has 3 nitrogen and oxygen atoms in total. The number of hydrogen-bond acceptors (Lipinski definition) is 3. The highest BCUT2D eigenvalue weighted by molar-refractivity contribution is 5.60. The molecule has 1 aromatic carbocycles. The van der Waals surface area contributed by atoms with Gasteiger partial charge >= 0.3 is 0 Å². The van der Waals surface area contributed by atoms with Crippen LogP contribution in [0, 0.1) is 0 Å². The van der Waals surface area contributed by atoms with E-state index in [0.29, 0.717) is 18.4 Å². The smallest absolute Gasteiger partial charge is 0.208 e. The number of aromatic nitrogens is 1. The Morgan fingerprint density at radius 2 is 1.94 bits per heavy atom. The lowest BCUT2D eigenvalue weighted by Gasteiger charge is -2.03. The van der Waals surface area contributed by atoms with Crippen LogP contribution in [0.25, 0.3) is 11.3 Å². The SMILES string of the molecule is CC(C)c1nc(CN)oc1-c1ccccc1. The number of hydrogen-bond donors (Lipinski definition) is 1. The van der Waals surface area contributed by atoms with Crippen molar-refractivity contribution < 1.29 is 4.42 Å². The monoisotopic (exact) mass is 216 g/mol. The van der Waals surface area contributed by atoms with Gasteiger partial charge in [-0.05, 0) is 5.92 Å². The maximum Gasteiger partial charge on any atom is 0.208 e. The van der Waals surface area contributed by atoms with Gasteiger partial charge in [0.1, 0.15) is 0 Å². The summed E-state index contributed by atoms with van der Waals surface area (Å²) in [5.74, 6) is 1.78. The van der Waals surface area contributed by atoms with Gasteiger partial charge in [0.25, 0.3) is 0 Å². The van der Waals surface area contributed by atoms with E-state index in [4.69, 9.17) is 10.2 Å². The molecule has 84 valence electrons. The van der Waals surface area contributed by atoms with E-state index in [1.165, 1.54) is 0 Å². The van der Waals surface area contributed by atoms with Crippen LogP contribution in [0.15, 0.2) is 34.7 Å². The van der Waals surface area contributed by atoms with Crippen molar-refractivity contribution in [3.63, 3.8) is 0 Å². The third-order valence-corrected chi connectivity index (χ3v) is 2.46. The van der Waals surface area contributed by atoms with Crippen LogP contribution in [0.4, 0.5) is 0 Å². The summed E-state index contributed by atoms with van der Waals surface area (Å²) in [6.07, 6.45) is 0. The van der Waals surface area contributed by atoms with Crippen molar-refractivity contribution in [2.24, 2.45) is 5.73 Å². The normalized spacial score (nSPS) is 11.0. The lowest BCUT2D eigenvalue weighted by Crippen LogP contribution is -1.97. The summed E-state index contributed by atoms with van der Waals surface area (Å²) >= 11 is 0. The van der Waals surface area contributed by atoms with Gasteiger partial charge in [0.05, 0.1) is 12.2 Å². The predicted molar refractivity (Wildman–Crippen MR) is 63.9 cm³/mol. The van der Waals surface area contributed by atoms with E-state index in [2.05, 4.69) is 18.8 Å². The van der Waals surface area contributed by atoms with Crippen LogP contribution in [0.1, 0.15) is 31.4 Å². The number of rotatable bonds is 3. The molecule has 0 saturated heterocycles. The third-order valence-electron chi connectivity index (χ3n) is 2.46. The first-order valence-electron chi connectivity index (χ1n) is 5.47. The second kappa shape index (κ2) is 4.49. The highest BCUT2D eigenvalue weighted by Gasteiger charge is 2.16. The molecule has 2 N–H and O–H groups in total. The topological polar surface area (TPSA) is 52.0 Å². The van der Waals surface area contributed by atoms with Crippen molar-refractivity contribution >= 4 is 0 Å². The van der Waals surface area contributed by atoms with E-state index in [1.54, 1.807) is 0 Å². The minimum atomic E-state index is 0.333. The molecule has 0 bridgehead atoms. The Labute approximate surface area is 95.3 Å². The number of benzene rings is 1. The molecular weight excluding hydrogens is 200 g/mol. The van der Waals surface area contributed by atoms with Crippen LogP contribution < -0.4 is 5.73 Å². The molecule has 0 fully saturated rings. The van der Waals surface area contributed by atoms with Gasteiger partial charge in [-0.1, -0.05) is 44.2 Å². The van der Waals surface area contributed by atoms with Crippen molar-refractivity contribution in [2.75, 3.05) is 0 Å². The maximum atomic E-state index is 5.68. The van der Waals surface area contributed by atoms with Gasteiger partial charge in [-0.25, -0.2) is 4.98 Å².